The van der Waals surface area contributed by atoms with E-state index in [-0.39, 0.29) is 5.54 Å². The number of anilines is 1. The third-order valence-corrected chi connectivity index (χ3v) is 4.02. The second kappa shape index (κ2) is 5.68. The van der Waals surface area contributed by atoms with E-state index in [2.05, 4.69) is 36.0 Å². The summed E-state index contributed by atoms with van der Waals surface area (Å²) in [5.74, 6) is 0. The first-order valence-corrected chi connectivity index (χ1v) is 7.90. The molecule has 21 heavy (non-hydrogen) atoms. The van der Waals surface area contributed by atoms with E-state index in [4.69, 9.17) is 4.42 Å². The fourth-order valence-electron chi connectivity index (χ4n) is 2.87. The number of piperidine rings is 1. The third kappa shape index (κ3) is 3.38. The van der Waals surface area contributed by atoms with Gasteiger partial charge < -0.3 is 14.6 Å². The van der Waals surface area contributed by atoms with Crippen LogP contribution in [0.15, 0.2) is 28.7 Å². The molecule has 0 radical (unpaired) electrons. The molecule has 114 valence electrons. The van der Waals surface area contributed by atoms with Crippen LogP contribution in [0.1, 0.15) is 40.0 Å². The fourth-order valence-corrected chi connectivity index (χ4v) is 2.87. The topological polar surface area (TPSA) is 41.3 Å². The van der Waals surface area contributed by atoms with E-state index in [1.54, 1.807) is 0 Å². The van der Waals surface area contributed by atoms with Gasteiger partial charge in [-0.05, 0) is 52.2 Å². The molecule has 1 aliphatic heterocycles. The molecular formula is C17H25N3O. The van der Waals surface area contributed by atoms with Gasteiger partial charge in [0.1, 0.15) is 5.52 Å². The highest BCUT2D eigenvalue weighted by molar-refractivity contribution is 5.74. The Kier molecular flexibility index (Phi) is 3.89. The predicted molar refractivity (Wildman–Crippen MR) is 86.7 cm³/mol. The van der Waals surface area contributed by atoms with Crippen molar-refractivity contribution in [3.8, 4) is 0 Å². The zero-order valence-corrected chi connectivity index (χ0v) is 13.2. The average molecular weight is 287 g/mol. The number of hydrogen-bond acceptors (Lipinski definition) is 4. The van der Waals surface area contributed by atoms with Gasteiger partial charge in [-0.15, -0.1) is 0 Å². The summed E-state index contributed by atoms with van der Waals surface area (Å²) < 4.78 is 5.96. The Balaban J connectivity index is 1.80. The summed E-state index contributed by atoms with van der Waals surface area (Å²) in [6, 6.07) is 9.23. The average Bonchev–Trinajstić information content (AvgIpc) is 2.88. The van der Waals surface area contributed by atoms with Crippen molar-refractivity contribution >= 4 is 17.1 Å². The summed E-state index contributed by atoms with van der Waals surface area (Å²) in [6.07, 6.45) is 3.69. The standard InChI is InChI=1S/C17H25N3O/c1-17(2,3)18-12-13-8-6-7-11-20(13)16-19-14-9-4-5-10-15(14)21-16/h4-5,9-10,13,18H,6-8,11-12H2,1-3H3. The van der Waals surface area contributed by atoms with Crippen molar-refractivity contribution < 1.29 is 4.42 Å². The molecule has 4 heteroatoms. The number of para-hydroxylation sites is 2. The van der Waals surface area contributed by atoms with E-state index in [1.165, 1.54) is 19.3 Å². The molecule has 4 nitrogen and oxygen atoms in total. The van der Waals surface area contributed by atoms with Crippen LogP contribution in [0.2, 0.25) is 0 Å². The summed E-state index contributed by atoms with van der Waals surface area (Å²) >= 11 is 0. The summed E-state index contributed by atoms with van der Waals surface area (Å²) in [5.41, 5.74) is 1.96. The van der Waals surface area contributed by atoms with Crippen LogP contribution in [0.5, 0.6) is 0 Å². The number of hydrogen-bond donors (Lipinski definition) is 1. The Morgan fingerprint density at radius 1 is 1.29 bits per heavy atom. The number of rotatable bonds is 3. The van der Waals surface area contributed by atoms with E-state index >= 15 is 0 Å². The first kappa shape index (κ1) is 14.4. The molecule has 0 saturated carbocycles. The zero-order valence-electron chi connectivity index (χ0n) is 13.2. The number of fused-ring (bicyclic) bond motifs is 1. The lowest BCUT2D eigenvalue weighted by atomic mass is 10.0. The number of aromatic nitrogens is 1. The van der Waals surface area contributed by atoms with Gasteiger partial charge in [-0.2, -0.15) is 4.98 Å². The SMILES string of the molecule is CC(C)(C)NCC1CCCCN1c1nc2ccccc2o1. The quantitative estimate of drug-likeness (QED) is 0.937. The second-order valence-corrected chi connectivity index (χ2v) is 6.94. The maximum Gasteiger partial charge on any atom is 0.298 e. The van der Waals surface area contributed by atoms with Crippen molar-refractivity contribution in [1.29, 1.82) is 0 Å². The summed E-state index contributed by atoms with van der Waals surface area (Å²) in [4.78, 5) is 7.00. The van der Waals surface area contributed by atoms with Gasteiger partial charge in [-0.3, -0.25) is 0 Å². The maximum atomic E-state index is 5.96. The van der Waals surface area contributed by atoms with Crippen LogP contribution in [0.4, 0.5) is 6.01 Å². The van der Waals surface area contributed by atoms with Crippen LogP contribution >= 0.6 is 0 Å². The molecule has 1 aliphatic rings. The Morgan fingerprint density at radius 2 is 2.10 bits per heavy atom. The van der Waals surface area contributed by atoms with Crippen molar-refractivity contribution in [2.45, 2.75) is 51.6 Å². The molecule has 1 atom stereocenters. The van der Waals surface area contributed by atoms with Gasteiger partial charge in [0.15, 0.2) is 5.58 Å². The summed E-state index contributed by atoms with van der Waals surface area (Å²) in [6.45, 7) is 8.63. The van der Waals surface area contributed by atoms with E-state index in [0.29, 0.717) is 6.04 Å². The van der Waals surface area contributed by atoms with Gasteiger partial charge in [0.25, 0.3) is 6.01 Å². The van der Waals surface area contributed by atoms with Crippen molar-refractivity contribution in [1.82, 2.24) is 10.3 Å². The van der Waals surface area contributed by atoms with Crippen LogP contribution in [0, 0.1) is 0 Å². The number of nitrogens with zero attached hydrogens (tertiary/aromatic N) is 2. The highest BCUT2D eigenvalue weighted by Crippen LogP contribution is 2.27. The van der Waals surface area contributed by atoms with Gasteiger partial charge in [0.05, 0.1) is 0 Å². The van der Waals surface area contributed by atoms with E-state index in [1.807, 2.05) is 24.3 Å². The van der Waals surface area contributed by atoms with Gasteiger partial charge in [0.2, 0.25) is 0 Å². The lowest BCUT2D eigenvalue weighted by Gasteiger charge is -2.36. The van der Waals surface area contributed by atoms with Crippen LogP contribution in [-0.4, -0.2) is 29.7 Å². The Bertz CT molecular complexity index is 566. The van der Waals surface area contributed by atoms with Gasteiger partial charge in [0, 0.05) is 24.7 Å². The lowest BCUT2D eigenvalue weighted by molar-refractivity contribution is 0.355. The normalized spacial score (nSPS) is 20.1. The number of oxazole rings is 1. The molecule has 1 aromatic carbocycles. The van der Waals surface area contributed by atoms with Gasteiger partial charge in [-0.25, -0.2) is 0 Å². The van der Waals surface area contributed by atoms with Gasteiger partial charge in [-0.1, -0.05) is 12.1 Å². The number of benzene rings is 1. The summed E-state index contributed by atoms with van der Waals surface area (Å²) in [5, 5.41) is 3.61. The maximum absolute atomic E-state index is 5.96. The molecule has 0 spiro atoms. The minimum Gasteiger partial charge on any atom is -0.423 e. The molecule has 1 aromatic heterocycles. The van der Waals surface area contributed by atoms with Crippen LogP contribution in [0.3, 0.4) is 0 Å². The minimum absolute atomic E-state index is 0.143. The first-order valence-electron chi connectivity index (χ1n) is 7.90. The molecule has 2 aromatic rings. The fraction of sp³-hybridized carbons (Fsp3) is 0.588. The molecule has 1 N–H and O–H groups in total. The Labute approximate surface area is 126 Å². The minimum atomic E-state index is 0.143. The lowest BCUT2D eigenvalue weighted by Crippen LogP contribution is -2.49. The predicted octanol–water partition coefficient (Wildman–Crippen LogP) is 3.57. The van der Waals surface area contributed by atoms with Crippen LogP contribution in [-0.2, 0) is 0 Å². The van der Waals surface area contributed by atoms with E-state index in [0.717, 1.165) is 30.2 Å². The Morgan fingerprint density at radius 3 is 2.86 bits per heavy atom. The zero-order chi connectivity index (χ0) is 14.9. The van der Waals surface area contributed by atoms with Crippen molar-refractivity contribution in [2.75, 3.05) is 18.0 Å². The molecule has 1 unspecified atom stereocenters. The van der Waals surface area contributed by atoms with E-state index in [9.17, 15) is 0 Å². The second-order valence-electron chi connectivity index (χ2n) is 6.94. The van der Waals surface area contributed by atoms with Gasteiger partial charge >= 0.3 is 0 Å². The highest BCUT2D eigenvalue weighted by atomic mass is 16.4. The number of nitrogens with one attached hydrogen (secondary N) is 1. The summed E-state index contributed by atoms with van der Waals surface area (Å²) in [7, 11) is 0. The highest BCUT2D eigenvalue weighted by Gasteiger charge is 2.27. The largest absolute Gasteiger partial charge is 0.423 e. The molecule has 1 fully saturated rings. The molecule has 1 saturated heterocycles. The molecule has 0 bridgehead atoms. The smallest absolute Gasteiger partial charge is 0.298 e. The van der Waals surface area contributed by atoms with Crippen molar-refractivity contribution in [3.63, 3.8) is 0 Å². The monoisotopic (exact) mass is 287 g/mol. The molecule has 2 heterocycles. The third-order valence-electron chi connectivity index (χ3n) is 4.02. The van der Waals surface area contributed by atoms with Crippen molar-refractivity contribution in [3.05, 3.63) is 24.3 Å². The van der Waals surface area contributed by atoms with Crippen molar-refractivity contribution in [2.24, 2.45) is 0 Å². The molecule has 0 amide bonds. The molecule has 3 rings (SSSR count). The van der Waals surface area contributed by atoms with Crippen LogP contribution in [0.25, 0.3) is 11.1 Å². The Hall–Kier alpha value is -1.55. The first-order chi connectivity index (χ1) is 10.0. The molecule has 0 aliphatic carbocycles. The van der Waals surface area contributed by atoms with E-state index < -0.39 is 0 Å². The van der Waals surface area contributed by atoms with Crippen LogP contribution < -0.4 is 10.2 Å². The molecular weight excluding hydrogens is 262 g/mol.